The molecule has 0 bridgehead atoms. The molecule has 0 radical (unpaired) electrons. The molecule has 1 N–H and O–H groups in total. The molecule has 8 heteroatoms. The third-order valence-electron chi connectivity index (χ3n) is 2.91. The lowest BCUT2D eigenvalue weighted by atomic mass is 10.4. The summed E-state index contributed by atoms with van der Waals surface area (Å²) in [4.78, 5) is 18.9. The molecule has 102 valence electrons. The molecule has 1 saturated heterocycles. The van der Waals surface area contributed by atoms with Crippen LogP contribution in [0.4, 0.5) is 4.79 Å². The number of aromatic nitrogens is 3. The van der Waals surface area contributed by atoms with E-state index in [2.05, 4.69) is 15.4 Å². The van der Waals surface area contributed by atoms with E-state index in [9.17, 15) is 4.79 Å². The van der Waals surface area contributed by atoms with Crippen molar-refractivity contribution in [1.29, 1.82) is 0 Å². The van der Waals surface area contributed by atoms with Crippen molar-refractivity contribution < 1.29 is 9.53 Å². The van der Waals surface area contributed by atoms with Crippen LogP contribution >= 0.6 is 11.3 Å². The minimum Gasteiger partial charge on any atom is -0.378 e. The Bertz CT molecular complexity index is 555. The average Bonchev–Trinajstić information content (AvgIpc) is 2.93. The van der Waals surface area contributed by atoms with Crippen LogP contribution in [-0.4, -0.2) is 51.8 Å². The SMILES string of the molecule is Cc1nn2cc(CNC(=O)N3CCOCC3)nc2s1. The number of aryl methyl sites for hydroxylation is 1. The number of urea groups is 1. The van der Waals surface area contributed by atoms with Gasteiger partial charge in [0.2, 0.25) is 4.96 Å². The summed E-state index contributed by atoms with van der Waals surface area (Å²) >= 11 is 1.54. The number of nitrogens with one attached hydrogen (secondary N) is 1. The molecule has 2 aromatic rings. The second-order valence-corrected chi connectivity index (χ2v) is 5.50. The van der Waals surface area contributed by atoms with Crippen LogP contribution in [0.1, 0.15) is 10.7 Å². The van der Waals surface area contributed by atoms with Crippen molar-refractivity contribution in [3.8, 4) is 0 Å². The van der Waals surface area contributed by atoms with Gasteiger partial charge in [0, 0.05) is 13.1 Å². The second-order valence-electron chi connectivity index (χ2n) is 4.34. The zero-order valence-corrected chi connectivity index (χ0v) is 11.4. The zero-order valence-electron chi connectivity index (χ0n) is 10.6. The van der Waals surface area contributed by atoms with Gasteiger partial charge >= 0.3 is 6.03 Å². The highest BCUT2D eigenvalue weighted by Gasteiger charge is 2.16. The highest BCUT2D eigenvalue weighted by Crippen LogP contribution is 2.13. The first-order valence-electron chi connectivity index (χ1n) is 6.14. The minimum absolute atomic E-state index is 0.0659. The first-order valence-corrected chi connectivity index (χ1v) is 6.96. The second kappa shape index (κ2) is 5.14. The molecule has 3 heterocycles. The summed E-state index contributed by atoms with van der Waals surface area (Å²) in [6.07, 6.45) is 1.85. The quantitative estimate of drug-likeness (QED) is 0.877. The van der Waals surface area contributed by atoms with E-state index in [-0.39, 0.29) is 6.03 Å². The zero-order chi connectivity index (χ0) is 13.2. The number of hydrogen-bond acceptors (Lipinski definition) is 5. The molecule has 19 heavy (non-hydrogen) atoms. The summed E-state index contributed by atoms with van der Waals surface area (Å²) in [6.45, 7) is 4.87. The fourth-order valence-corrected chi connectivity index (χ4v) is 2.72. The van der Waals surface area contributed by atoms with Gasteiger partial charge in [-0.25, -0.2) is 14.3 Å². The van der Waals surface area contributed by atoms with E-state index in [1.807, 2.05) is 13.1 Å². The molecule has 3 rings (SSSR count). The van der Waals surface area contributed by atoms with Crippen LogP contribution in [0, 0.1) is 6.92 Å². The van der Waals surface area contributed by atoms with Gasteiger partial charge in [-0.1, -0.05) is 11.3 Å². The van der Waals surface area contributed by atoms with Crippen LogP contribution in [0.5, 0.6) is 0 Å². The molecule has 0 aliphatic carbocycles. The molecule has 1 aliphatic heterocycles. The third-order valence-corrected chi connectivity index (χ3v) is 3.75. The lowest BCUT2D eigenvalue weighted by Crippen LogP contribution is -2.45. The summed E-state index contributed by atoms with van der Waals surface area (Å²) in [5, 5.41) is 8.13. The number of carbonyl (C=O) groups excluding carboxylic acids is 1. The lowest BCUT2D eigenvalue weighted by molar-refractivity contribution is 0.0531. The van der Waals surface area contributed by atoms with E-state index < -0.39 is 0 Å². The van der Waals surface area contributed by atoms with Gasteiger partial charge in [-0.15, -0.1) is 0 Å². The van der Waals surface area contributed by atoms with Crippen molar-refractivity contribution in [3.05, 3.63) is 16.9 Å². The van der Waals surface area contributed by atoms with Crippen LogP contribution < -0.4 is 5.32 Å². The minimum atomic E-state index is -0.0659. The monoisotopic (exact) mass is 281 g/mol. The van der Waals surface area contributed by atoms with Gasteiger partial charge in [0.05, 0.1) is 31.6 Å². The van der Waals surface area contributed by atoms with E-state index >= 15 is 0 Å². The average molecular weight is 281 g/mol. The van der Waals surface area contributed by atoms with Crippen LogP contribution in [0.2, 0.25) is 0 Å². The van der Waals surface area contributed by atoms with E-state index in [0.29, 0.717) is 32.8 Å². The molecule has 0 unspecified atom stereocenters. The van der Waals surface area contributed by atoms with Gasteiger partial charge < -0.3 is 15.0 Å². The number of hydrogen-bond donors (Lipinski definition) is 1. The molecule has 0 atom stereocenters. The summed E-state index contributed by atoms with van der Waals surface area (Å²) in [5.74, 6) is 0. The van der Waals surface area contributed by atoms with Crippen molar-refractivity contribution in [3.63, 3.8) is 0 Å². The fraction of sp³-hybridized carbons (Fsp3) is 0.545. The number of fused-ring (bicyclic) bond motifs is 1. The number of nitrogens with zero attached hydrogens (tertiary/aromatic N) is 4. The maximum Gasteiger partial charge on any atom is 0.317 e. The molecule has 2 amide bonds. The van der Waals surface area contributed by atoms with Gasteiger partial charge in [-0.05, 0) is 6.92 Å². The largest absolute Gasteiger partial charge is 0.378 e. The Morgan fingerprint density at radius 2 is 2.32 bits per heavy atom. The molecule has 0 saturated carbocycles. The van der Waals surface area contributed by atoms with Crippen molar-refractivity contribution in [2.45, 2.75) is 13.5 Å². The Balaban J connectivity index is 1.58. The van der Waals surface area contributed by atoms with E-state index in [1.54, 1.807) is 9.42 Å². The third kappa shape index (κ3) is 2.69. The Morgan fingerprint density at radius 1 is 1.53 bits per heavy atom. The lowest BCUT2D eigenvalue weighted by Gasteiger charge is -2.26. The van der Waals surface area contributed by atoms with Crippen molar-refractivity contribution >= 4 is 22.3 Å². The van der Waals surface area contributed by atoms with Crippen LogP contribution in [0.3, 0.4) is 0 Å². The number of carbonyl (C=O) groups is 1. The van der Waals surface area contributed by atoms with E-state index in [0.717, 1.165) is 15.7 Å². The summed E-state index contributed by atoms with van der Waals surface area (Å²) in [7, 11) is 0. The van der Waals surface area contributed by atoms with Crippen molar-refractivity contribution in [2.75, 3.05) is 26.3 Å². The Morgan fingerprint density at radius 3 is 3.05 bits per heavy atom. The Kier molecular flexibility index (Phi) is 3.34. The number of rotatable bonds is 2. The van der Waals surface area contributed by atoms with Crippen LogP contribution in [0.15, 0.2) is 6.20 Å². The maximum atomic E-state index is 11.9. The van der Waals surface area contributed by atoms with Gasteiger partial charge in [0.15, 0.2) is 0 Å². The van der Waals surface area contributed by atoms with Gasteiger partial charge in [0.1, 0.15) is 5.01 Å². The first kappa shape index (κ1) is 12.4. The summed E-state index contributed by atoms with van der Waals surface area (Å²) in [6, 6.07) is -0.0659. The van der Waals surface area contributed by atoms with Crippen molar-refractivity contribution in [1.82, 2.24) is 24.8 Å². The molecular weight excluding hydrogens is 266 g/mol. The molecular formula is C11H15N5O2S. The van der Waals surface area contributed by atoms with E-state index in [4.69, 9.17) is 4.74 Å². The first-order chi connectivity index (χ1) is 9.22. The number of imidazole rings is 1. The molecule has 0 spiro atoms. The topological polar surface area (TPSA) is 71.8 Å². The Labute approximate surface area is 114 Å². The molecule has 7 nitrogen and oxygen atoms in total. The highest BCUT2D eigenvalue weighted by atomic mass is 32.1. The standard InChI is InChI=1S/C11H15N5O2S/c1-8-14-16-7-9(13-11(16)19-8)6-12-10(17)15-2-4-18-5-3-15/h7H,2-6H2,1H3,(H,12,17). The molecule has 2 aromatic heterocycles. The van der Waals surface area contributed by atoms with Gasteiger partial charge in [-0.2, -0.15) is 5.10 Å². The smallest absolute Gasteiger partial charge is 0.317 e. The number of morpholine rings is 1. The summed E-state index contributed by atoms with van der Waals surface area (Å²) in [5.41, 5.74) is 0.820. The van der Waals surface area contributed by atoms with Crippen molar-refractivity contribution in [2.24, 2.45) is 0 Å². The fourth-order valence-electron chi connectivity index (χ4n) is 1.97. The maximum absolute atomic E-state index is 11.9. The molecule has 1 fully saturated rings. The van der Waals surface area contributed by atoms with Gasteiger partial charge in [0.25, 0.3) is 0 Å². The predicted molar refractivity (Wildman–Crippen MR) is 70.2 cm³/mol. The Hall–Kier alpha value is -1.67. The van der Waals surface area contributed by atoms with Crippen LogP contribution in [0.25, 0.3) is 4.96 Å². The highest BCUT2D eigenvalue weighted by molar-refractivity contribution is 7.16. The summed E-state index contributed by atoms with van der Waals surface area (Å²) < 4.78 is 6.96. The molecule has 1 aliphatic rings. The van der Waals surface area contributed by atoms with Crippen LogP contribution in [-0.2, 0) is 11.3 Å². The van der Waals surface area contributed by atoms with Gasteiger partial charge in [-0.3, -0.25) is 0 Å². The molecule has 0 aromatic carbocycles. The predicted octanol–water partition coefficient (Wildman–Crippen LogP) is 0.641. The number of amides is 2. The van der Waals surface area contributed by atoms with E-state index in [1.165, 1.54) is 11.3 Å². The number of ether oxygens (including phenoxy) is 1. The normalized spacial score (nSPS) is 15.9.